The van der Waals surface area contributed by atoms with E-state index in [-0.39, 0.29) is 5.56 Å². The number of para-hydroxylation sites is 1. The largest absolute Gasteiger partial charge is 0.478 e. The third kappa shape index (κ3) is 2.80. The summed E-state index contributed by atoms with van der Waals surface area (Å²) in [6.07, 6.45) is 0. The summed E-state index contributed by atoms with van der Waals surface area (Å²) in [6, 6.07) is 14.7. The normalized spacial score (nSPS) is 10.6. The van der Waals surface area contributed by atoms with Crippen LogP contribution >= 0.6 is 15.9 Å². The average Bonchev–Trinajstić information content (AvgIpc) is 2.49. The maximum Gasteiger partial charge on any atom is 0.335 e. The lowest BCUT2D eigenvalue weighted by molar-refractivity contribution is -0.355. The lowest BCUT2D eigenvalue weighted by Crippen LogP contribution is -2.10. The van der Waals surface area contributed by atoms with Crippen molar-refractivity contribution in [3.05, 3.63) is 64.3 Å². The van der Waals surface area contributed by atoms with Crippen LogP contribution in [0, 0.1) is 6.92 Å². The number of carboxylic acids is 1. The van der Waals surface area contributed by atoms with Gasteiger partial charge in [-0.3, -0.25) is 0 Å². The minimum atomic E-state index is -0.925. The van der Waals surface area contributed by atoms with Crippen molar-refractivity contribution in [2.75, 3.05) is 5.32 Å². The van der Waals surface area contributed by atoms with Crippen molar-refractivity contribution >= 4 is 44.2 Å². The summed E-state index contributed by atoms with van der Waals surface area (Å²) in [5, 5.41) is 13.3. The molecule has 0 spiro atoms. The second-order valence-corrected chi connectivity index (χ2v) is 5.89. The van der Waals surface area contributed by atoms with Gasteiger partial charge in [0, 0.05) is 18.7 Å². The number of carbonyl (C=O) groups is 1. The van der Waals surface area contributed by atoms with Crippen molar-refractivity contribution in [3.63, 3.8) is 0 Å². The first-order valence-electron chi connectivity index (χ1n) is 6.76. The van der Waals surface area contributed by atoms with Crippen molar-refractivity contribution in [3.8, 4) is 0 Å². The molecule has 3 rings (SSSR count). The molecular formula is C17H14BrN2O2+. The van der Waals surface area contributed by atoms with E-state index in [4.69, 9.17) is 5.11 Å². The molecule has 3 N–H and O–H groups in total. The van der Waals surface area contributed by atoms with Crippen molar-refractivity contribution < 1.29 is 14.9 Å². The molecule has 22 heavy (non-hydrogen) atoms. The topological polar surface area (TPSA) is 63.5 Å². The third-order valence-electron chi connectivity index (χ3n) is 3.40. The Morgan fingerprint density at radius 3 is 2.59 bits per heavy atom. The quantitative estimate of drug-likeness (QED) is 0.739. The first-order valence-corrected chi connectivity index (χ1v) is 7.55. The zero-order chi connectivity index (χ0) is 15.7. The molecule has 0 aliphatic rings. The minimum Gasteiger partial charge on any atom is -0.478 e. The zero-order valence-corrected chi connectivity index (χ0v) is 13.4. The van der Waals surface area contributed by atoms with Gasteiger partial charge in [-0.1, -0.05) is 6.07 Å². The number of benzene rings is 2. The maximum absolute atomic E-state index is 10.9. The van der Waals surface area contributed by atoms with Crippen LogP contribution in [0.15, 0.2) is 53.0 Å². The first-order chi connectivity index (χ1) is 10.5. The van der Waals surface area contributed by atoms with Crippen LogP contribution < -0.4 is 10.3 Å². The Bertz CT molecular complexity index is 860. The van der Waals surface area contributed by atoms with Crippen LogP contribution in [0.3, 0.4) is 0 Å². The fourth-order valence-corrected chi connectivity index (χ4v) is 2.82. The number of nitrogens with one attached hydrogen (secondary N) is 2. The average molecular weight is 358 g/mol. The summed E-state index contributed by atoms with van der Waals surface area (Å²) in [5.41, 5.74) is 4.14. The summed E-state index contributed by atoms with van der Waals surface area (Å²) in [4.78, 5) is 14.2. The number of hydrogen-bond donors (Lipinski definition) is 2. The number of aromatic carboxylic acids is 1. The van der Waals surface area contributed by atoms with E-state index in [2.05, 4.69) is 26.2 Å². The summed E-state index contributed by atoms with van der Waals surface area (Å²) in [6.45, 7) is 2.00. The van der Waals surface area contributed by atoms with Gasteiger partial charge in [-0.2, -0.15) is 0 Å². The molecule has 5 heteroatoms. The minimum absolute atomic E-state index is 0.274. The van der Waals surface area contributed by atoms with Crippen molar-refractivity contribution in [1.29, 1.82) is 0 Å². The molecule has 0 bridgehead atoms. The predicted molar refractivity (Wildman–Crippen MR) is 89.6 cm³/mol. The van der Waals surface area contributed by atoms with Crippen LogP contribution in [-0.2, 0) is 0 Å². The van der Waals surface area contributed by atoms with Gasteiger partial charge >= 0.3 is 5.97 Å². The molecule has 0 radical (unpaired) electrons. The highest BCUT2D eigenvalue weighted by Crippen LogP contribution is 2.28. The number of aromatic amines is 1. The molecule has 0 aliphatic carbocycles. The Kier molecular flexibility index (Phi) is 3.81. The van der Waals surface area contributed by atoms with Crippen LogP contribution in [-0.4, -0.2) is 11.1 Å². The van der Waals surface area contributed by atoms with E-state index >= 15 is 0 Å². The highest BCUT2D eigenvalue weighted by atomic mass is 79.9. The Morgan fingerprint density at radius 2 is 1.91 bits per heavy atom. The molecule has 110 valence electrons. The van der Waals surface area contributed by atoms with E-state index in [1.165, 1.54) is 0 Å². The number of pyridine rings is 1. The Labute approximate surface area is 135 Å². The van der Waals surface area contributed by atoms with Crippen LogP contribution in [0.1, 0.15) is 16.1 Å². The summed E-state index contributed by atoms with van der Waals surface area (Å²) < 4.78 is 0.998. The standard InChI is InChI=1S/C17H13BrN2O2/c1-10-9-15(13-3-2-4-14(18)16(13)19-10)20-12-7-5-11(6-8-12)17(21)22/h2-9H,1H3,(H,19,20)(H,21,22)/p+1. The molecule has 0 unspecified atom stereocenters. The number of H-pyrrole nitrogens is 1. The lowest BCUT2D eigenvalue weighted by Gasteiger charge is -2.09. The highest BCUT2D eigenvalue weighted by Gasteiger charge is 2.12. The Hall–Kier alpha value is -2.40. The van der Waals surface area contributed by atoms with Crippen LogP contribution in [0.5, 0.6) is 0 Å². The molecule has 0 amide bonds. The first kappa shape index (κ1) is 14.5. The fourth-order valence-electron chi connectivity index (χ4n) is 2.36. The molecule has 0 fully saturated rings. The number of rotatable bonds is 3. The van der Waals surface area contributed by atoms with Gasteiger partial charge in [-0.15, -0.1) is 0 Å². The molecule has 0 atom stereocenters. The number of aromatic nitrogens is 1. The van der Waals surface area contributed by atoms with Gasteiger partial charge in [0.05, 0.1) is 21.1 Å². The SMILES string of the molecule is Cc1cc(Nc2ccc(C(=O)O)cc2)c2cccc(Br)c2[nH+]1. The zero-order valence-electron chi connectivity index (χ0n) is 11.9. The molecule has 1 aromatic heterocycles. The number of hydrogen-bond acceptors (Lipinski definition) is 2. The molecule has 0 saturated carbocycles. The van der Waals surface area contributed by atoms with Crippen molar-refractivity contribution in [2.24, 2.45) is 0 Å². The van der Waals surface area contributed by atoms with E-state index in [9.17, 15) is 4.79 Å². The molecule has 1 heterocycles. The number of halogens is 1. The fraction of sp³-hybridized carbons (Fsp3) is 0.0588. The van der Waals surface area contributed by atoms with Crippen molar-refractivity contribution in [2.45, 2.75) is 6.92 Å². The molecule has 0 saturated heterocycles. The van der Waals surface area contributed by atoms with Crippen LogP contribution in [0.25, 0.3) is 10.9 Å². The van der Waals surface area contributed by atoms with E-state index in [0.717, 1.165) is 32.4 Å². The van der Waals surface area contributed by atoms with E-state index in [1.807, 2.05) is 31.2 Å². The van der Waals surface area contributed by atoms with Gasteiger partial charge < -0.3 is 10.4 Å². The molecule has 4 nitrogen and oxygen atoms in total. The second kappa shape index (κ2) is 5.77. The Morgan fingerprint density at radius 1 is 1.18 bits per heavy atom. The summed E-state index contributed by atoms with van der Waals surface area (Å²) in [5.74, 6) is -0.925. The third-order valence-corrected chi connectivity index (χ3v) is 4.06. The number of carboxylic acid groups (broad SMARTS) is 1. The number of fused-ring (bicyclic) bond motifs is 1. The molecule has 2 aromatic carbocycles. The lowest BCUT2D eigenvalue weighted by atomic mass is 10.1. The number of anilines is 2. The van der Waals surface area contributed by atoms with E-state index in [1.54, 1.807) is 24.3 Å². The predicted octanol–water partition coefficient (Wildman–Crippen LogP) is 4.17. The van der Waals surface area contributed by atoms with Gasteiger partial charge in [-0.05, 0) is 52.3 Å². The Balaban J connectivity index is 2.03. The molecule has 3 aromatic rings. The van der Waals surface area contributed by atoms with Crippen molar-refractivity contribution in [1.82, 2.24) is 0 Å². The van der Waals surface area contributed by atoms with Gasteiger partial charge in [0.2, 0.25) is 5.52 Å². The van der Waals surface area contributed by atoms with Gasteiger partial charge in [0.1, 0.15) is 0 Å². The smallest absolute Gasteiger partial charge is 0.335 e. The summed E-state index contributed by atoms with van der Waals surface area (Å²) in [7, 11) is 0. The van der Waals surface area contributed by atoms with E-state index < -0.39 is 5.97 Å². The van der Waals surface area contributed by atoms with Gasteiger partial charge in [0.25, 0.3) is 0 Å². The van der Waals surface area contributed by atoms with Gasteiger partial charge in [0.15, 0.2) is 5.69 Å². The number of aryl methyl sites for hydroxylation is 1. The van der Waals surface area contributed by atoms with Crippen LogP contribution in [0.2, 0.25) is 0 Å². The second-order valence-electron chi connectivity index (χ2n) is 5.04. The molecular weight excluding hydrogens is 344 g/mol. The molecule has 0 aliphatic heterocycles. The van der Waals surface area contributed by atoms with Crippen LogP contribution in [0.4, 0.5) is 11.4 Å². The van der Waals surface area contributed by atoms with Gasteiger partial charge in [-0.25, -0.2) is 9.78 Å². The summed E-state index contributed by atoms with van der Waals surface area (Å²) >= 11 is 3.55. The van der Waals surface area contributed by atoms with E-state index in [0.29, 0.717) is 0 Å². The monoisotopic (exact) mass is 357 g/mol. The maximum atomic E-state index is 10.9. The highest BCUT2D eigenvalue weighted by molar-refractivity contribution is 9.10.